The standard InChI is InChI=1S/C38H42F4N4O4S/c1-37(2,39)33-13-3-27(25-45-19-15-43-16-20-45)23-35(33)49-29-5-9-31(10-6-29)51(47,48)32-11-7-30(8-12-32)50-36-24-28(4-14-34(36)38(40,41)42)26-46-21-17-44-18-22-46/h3-14,23-24,43-44H,15-22,25-26H2,1-2H3. The molecule has 2 heterocycles. The van der Waals surface area contributed by atoms with Gasteiger partial charge in [0.1, 0.15) is 28.7 Å². The first kappa shape index (κ1) is 36.8. The summed E-state index contributed by atoms with van der Waals surface area (Å²) in [7, 11) is -4.00. The van der Waals surface area contributed by atoms with Crippen molar-refractivity contribution in [2.75, 3.05) is 52.4 Å². The highest BCUT2D eigenvalue weighted by Crippen LogP contribution is 2.40. The van der Waals surface area contributed by atoms with E-state index >= 15 is 4.39 Å². The van der Waals surface area contributed by atoms with Crippen LogP contribution in [-0.2, 0) is 34.8 Å². The molecule has 0 atom stereocenters. The maximum atomic E-state index is 15.2. The fourth-order valence-electron chi connectivity index (χ4n) is 6.24. The van der Waals surface area contributed by atoms with Gasteiger partial charge in [0.25, 0.3) is 0 Å². The fraction of sp³-hybridized carbons (Fsp3) is 0.368. The van der Waals surface area contributed by atoms with Gasteiger partial charge in [-0.15, -0.1) is 0 Å². The van der Waals surface area contributed by atoms with Crippen LogP contribution in [0.4, 0.5) is 17.6 Å². The minimum absolute atomic E-state index is 0.0120. The van der Waals surface area contributed by atoms with Crippen molar-refractivity contribution >= 4 is 9.84 Å². The number of ether oxygens (including phenoxy) is 2. The summed E-state index contributed by atoms with van der Waals surface area (Å²) in [6.07, 6.45) is -4.64. The van der Waals surface area contributed by atoms with Crippen molar-refractivity contribution in [3.8, 4) is 23.0 Å². The Bertz CT molecular complexity index is 1770. The number of nitrogens with one attached hydrogen (secondary N) is 2. The number of sulfone groups is 1. The lowest BCUT2D eigenvalue weighted by atomic mass is 9.97. The summed E-state index contributed by atoms with van der Waals surface area (Å²) >= 11 is 0. The monoisotopic (exact) mass is 726 g/mol. The van der Waals surface area contributed by atoms with E-state index in [1.165, 1.54) is 74.5 Å². The molecular weight excluding hydrogens is 685 g/mol. The van der Waals surface area contributed by atoms with E-state index in [-0.39, 0.29) is 21.3 Å². The molecule has 6 rings (SSSR count). The molecule has 8 nitrogen and oxygen atoms in total. The third-order valence-electron chi connectivity index (χ3n) is 8.99. The number of piperazine rings is 2. The zero-order chi connectivity index (χ0) is 36.2. The van der Waals surface area contributed by atoms with E-state index < -0.39 is 27.2 Å². The average Bonchev–Trinajstić information content (AvgIpc) is 3.09. The summed E-state index contributed by atoms with van der Waals surface area (Å²) in [6, 6.07) is 20.4. The zero-order valence-corrected chi connectivity index (χ0v) is 29.4. The van der Waals surface area contributed by atoms with Crippen LogP contribution in [0.3, 0.4) is 0 Å². The predicted molar refractivity (Wildman–Crippen MR) is 187 cm³/mol. The molecule has 0 aliphatic carbocycles. The molecule has 0 saturated carbocycles. The molecule has 272 valence electrons. The smallest absolute Gasteiger partial charge is 0.419 e. The first-order valence-electron chi connectivity index (χ1n) is 17.0. The molecule has 0 bridgehead atoms. The van der Waals surface area contributed by atoms with Crippen molar-refractivity contribution in [2.24, 2.45) is 0 Å². The maximum Gasteiger partial charge on any atom is 0.419 e. The van der Waals surface area contributed by atoms with Crippen molar-refractivity contribution in [3.05, 3.63) is 107 Å². The number of hydrogen-bond donors (Lipinski definition) is 2. The van der Waals surface area contributed by atoms with Crippen LogP contribution >= 0.6 is 0 Å². The van der Waals surface area contributed by atoms with Crippen LogP contribution in [0.2, 0.25) is 0 Å². The molecule has 0 spiro atoms. The van der Waals surface area contributed by atoms with Crippen LogP contribution in [0.25, 0.3) is 0 Å². The Morgan fingerprint density at radius 2 is 1.00 bits per heavy atom. The van der Waals surface area contributed by atoms with Crippen molar-refractivity contribution in [1.82, 2.24) is 20.4 Å². The minimum atomic E-state index is -4.64. The molecule has 0 aromatic heterocycles. The molecule has 2 N–H and O–H groups in total. The molecule has 0 radical (unpaired) electrons. The second-order valence-electron chi connectivity index (χ2n) is 13.3. The summed E-state index contributed by atoms with van der Waals surface area (Å²) in [4.78, 5) is 4.38. The second kappa shape index (κ2) is 15.3. The topological polar surface area (TPSA) is 83.1 Å². The SMILES string of the molecule is CC(C)(F)c1ccc(CN2CCNCC2)cc1Oc1ccc(S(=O)(=O)c2ccc(Oc3cc(CN4CCNCC4)ccc3C(F)(F)F)cc2)cc1. The third kappa shape index (κ3) is 9.27. The molecule has 2 fully saturated rings. The van der Waals surface area contributed by atoms with Gasteiger partial charge >= 0.3 is 6.18 Å². The number of halogens is 4. The van der Waals surface area contributed by atoms with Crippen molar-refractivity contribution < 1.29 is 35.5 Å². The van der Waals surface area contributed by atoms with E-state index in [2.05, 4.69) is 20.4 Å². The normalized spacial score (nSPS) is 16.6. The highest BCUT2D eigenvalue weighted by Gasteiger charge is 2.35. The molecule has 0 amide bonds. The van der Waals surface area contributed by atoms with Gasteiger partial charge in [0, 0.05) is 71.0 Å². The maximum absolute atomic E-state index is 15.2. The van der Waals surface area contributed by atoms with Gasteiger partial charge in [0.05, 0.1) is 15.4 Å². The number of hydrogen-bond acceptors (Lipinski definition) is 8. The van der Waals surface area contributed by atoms with Gasteiger partial charge < -0.3 is 20.1 Å². The van der Waals surface area contributed by atoms with Crippen molar-refractivity contribution in [2.45, 2.75) is 48.6 Å². The van der Waals surface area contributed by atoms with Crippen LogP contribution in [0.15, 0.2) is 94.7 Å². The Labute approximate surface area is 296 Å². The van der Waals surface area contributed by atoms with E-state index in [4.69, 9.17) is 9.47 Å². The lowest BCUT2D eigenvalue weighted by molar-refractivity contribution is -0.138. The van der Waals surface area contributed by atoms with E-state index in [1.54, 1.807) is 6.07 Å². The van der Waals surface area contributed by atoms with Crippen LogP contribution < -0.4 is 20.1 Å². The van der Waals surface area contributed by atoms with E-state index in [0.29, 0.717) is 35.7 Å². The van der Waals surface area contributed by atoms with Gasteiger partial charge in [0.2, 0.25) is 9.84 Å². The minimum Gasteiger partial charge on any atom is -0.457 e. The summed E-state index contributed by atoms with van der Waals surface area (Å²) in [5.41, 5.74) is -0.564. The van der Waals surface area contributed by atoms with Gasteiger partial charge in [0.15, 0.2) is 0 Å². The number of alkyl halides is 4. The highest BCUT2D eigenvalue weighted by atomic mass is 32.2. The molecule has 0 unspecified atom stereocenters. The number of nitrogens with zero attached hydrogens (tertiary/aromatic N) is 2. The van der Waals surface area contributed by atoms with Crippen LogP contribution in [0.1, 0.15) is 36.1 Å². The largest absolute Gasteiger partial charge is 0.457 e. The Balaban J connectivity index is 1.17. The van der Waals surface area contributed by atoms with E-state index in [9.17, 15) is 21.6 Å². The third-order valence-corrected chi connectivity index (χ3v) is 10.8. The van der Waals surface area contributed by atoms with Crippen molar-refractivity contribution in [3.63, 3.8) is 0 Å². The number of rotatable bonds is 11. The lowest BCUT2D eigenvalue weighted by Gasteiger charge is -2.28. The Morgan fingerprint density at radius 3 is 1.39 bits per heavy atom. The van der Waals surface area contributed by atoms with E-state index in [0.717, 1.165) is 64.0 Å². The lowest BCUT2D eigenvalue weighted by Crippen LogP contribution is -2.42. The van der Waals surface area contributed by atoms with Gasteiger partial charge in [-0.1, -0.05) is 18.2 Å². The molecule has 13 heteroatoms. The summed E-state index contributed by atoms with van der Waals surface area (Å²) in [5.74, 6) is 0.398. The molecule has 4 aromatic carbocycles. The van der Waals surface area contributed by atoms with Crippen LogP contribution in [0.5, 0.6) is 23.0 Å². The van der Waals surface area contributed by atoms with Gasteiger partial charge in [-0.05, 0) is 91.7 Å². The first-order chi connectivity index (χ1) is 24.3. The molecule has 4 aromatic rings. The molecule has 2 saturated heterocycles. The molecular formula is C38H42F4N4O4S. The second-order valence-corrected chi connectivity index (χ2v) is 15.3. The molecule has 2 aliphatic heterocycles. The molecule has 2 aliphatic rings. The van der Waals surface area contributed by atoms with Crippen LogP contribution in [-0.4, -0.2) is 70.6 Å². The highest BCUT2D eigenvalue weighted by molar-refractivity contribution is 7.91. The van der Waals surface area contributed by atoms with Gasteiger partial charge in [-0.3, -0.25) is 9.80 Å². The Hall–Kier alpha value is -4.01. The average molecular weight is 727 g/mol. The van der Waals surface area contributed by atoms with Gasteiger partial charge in [-0.2, -0.15) is 13.2 Å². The summed E-state index contributed by atoms with van der Waals surface area (Å²) in [6.45, 7) is 10.9. The Kier molecular flexibility index (Phi) is 11.0. The Morgan fingerprint density at radius 1 is 0.608 bits per heavy atom. The van der Waals surface area contributed by atoms with Crippen LogP contribution in [0, 0.1) is 0 Å². The van der Waals surface area contributed by atoms with Gasteiger partial charge in [-0.25, -0.2) is 12.8 Å². The number of benzene rings is 4. The quantitative estimate of drug-likeness (QED) is 0.158. The summed E-state index contributed by atoms with van der Waals surface area (Å²) < 4.78 is 95.6. The van der Waals surface area contributed by atoms with E-state index in [1.807, 2.05) is 12.1 Å². The fourth-order valence-corrected chi connectivity index (χ4v) is 7.50. The first-order valence-corrected chi connectivity index (χ1v) is 18.4. The zero-order valence-electron chi connectivity index (χ0n) is 28.6. The predicted octanol–water partition coefficient (Wildman–Crippen LogP) is 7.14. The summed E-state index contributed by atoms with van der Waals surface area (Å²) in [5, 5.41) is 6.58. The van der Waals surface area contributed by atoms with Crippen molar-refractivity contribution in [1.29, 1.82) is 0 Å². The molecule has 51 heavy (non-hydrogen) atoms.